The van der Waals surface area contributed by atoms with Crippen molar-refractivity contribution in [2.45, 2.75) is 19.8 Å². The van der Waals surface area contributed by atoms with E-state index in [0.717, 1.165) is 0 Å². The van der Waals surface area contributed by atoms with Crippen molar-refractivity contribution in [3.63, 3.8) is 0 Å². The quantitative estimate of drug-likeness (QED) is 0.290. The van der Waals surface area contributed by atoms with E-state index in [1.165, 1.54) is 13.0 Å². The van der Waals surface area contributed by atoms with E-state index in [1.54, 1.807) is 6.08 Å². The summed E-state index contributed by atoms with van der Waals surface area (Å²) in [5, 5.41) is 8.43. The fraction of sp³-hybridized carbons (Fsp3) is 0.500. The number of carboxylic acid groups (broad SMARTS) is 1. The van der Waals surface area contributed by atoms with E-state index in [1.807, 2.05) is 0 Å². The number of carbonyl (C=O) groups is 1. The van der Waals surface area contributed by atoms with Gasteiger partial charge in [-0.15, -0.1) is 0 Å². The van der Waals surface area contributed by atoms with E-state index >= 15 is 0 Å². The molecule has 0 aliphatic rings. The van der Waals surface area contributed by atoms with Gasteiger partial charge in [0.15, 0.2) is 0 Å². The van der Waals surface area contributed by atoms with Crippen molar-refractivity contribution in [3.05, 3.63) is 11.6 Å². The van der Waals surface area contributed by atoms with Gasteiger partial charge in [-0.2, -0.15) is 0 Å². The molecule has 4 heteroatoms. The lowest BCUT2D eigenvalue weighted by molar-refractivity contribution is -0.132. The van der Waals surface area contributed by atoms with Gasteiger partial charge in [-0.3, -0.25) is 0 Å². The largest absolute Gasteiger partial charge is 0.478 e. The summed E-state index contributed by atoms with van der Waals surface area (Å²) >= 11 is 0. The third-order valence-electron chi connectivity index (χ3n) is 1.33. The summed E-state index contributed by atoms with van der Waals surface area (Å²) in [6.07, 6.45) is 4.34. The minimum absolute atomic E-state index is 0.324. The zero-order chi connectivity index (χ0) is 9.40. The van der Waals surface area contributed by atoms with Gasteiger partial charge in [0, 0.05) is 5.57 Å². The number of nitrogens with zero attached hydrogens (tertiary/aromatic N) is 1. The van der Waals surface area contributed by atoms with Gasteiger partial charge in [-0.05, 0) is 19.8 Å². The van der Waals surface area contributed by atoms with Crippen LogP contribution in [0, 0.1) is 0 Å². The second kappa shape index (κ2) is 6.31. The van der Waals surface area contributed by atoms with Crippen LogP contribution < -0.4 is 0 Å². The summed E-state index contributed by atoms with van der Waals surface area (Å²) in [4.78, 5) is 23.2. The molecule has 0 rings (SSSR count). The molecule has 66 valence electrons. The molecule has 0 unspecified atom stereocenters. The van der Waals surface area contributed by atoms with Crippen molar-refractivity contribution >= 4 is 12.0 Å². The average Bonchev–Trinajstić information content (AvgIpc) is 2.03. The molecule has 0 aliphatic carbocycles. The van der Waals surface area contributed by atoms with E-state index in [-0.39, 0.29) is 0 Å². The fourth-order valence-electron chi connectivity index (χ4n) is 0.622. The first kappa shape index (κ1) is 10.6. The maximum atomic E-state index is 10.3. The molecule has 0 radical (unpaired) electrons. The van der Waals surface area contributed by atoms with Crippen LogP contribution in [0.25, 0.3) is 0 Å². The van der Waals surface area contributed by atoms with Gasteiger partial charge in [0.2, 0.25) is 6.08 Å². The second-order valence-electron chi connectivity index (χ2n) is 2.31. The number of hydrogen-bond acceptors (Lipinski definition) is 3. The van der Waals surface area contributed by atoms with Crippen LogP contribution in [0.2, 0.25) is 0 Å². The van der Waals surface area contributed by atoms with Gasteiger partial charge in [0.05, 0.1) is 6.54 Å². The SMILES string of the molecule is CC(=CCCCN=C=O)C(=O)O. The van der Waals surface area contributed by atoms with Crippen LogP contribution in [0.1, 0.15) is 19.8 Å². The number of hydrogen-bond donors (Lipinski definition) is 1. The number of carboxylic acids is 1. The minimum Gasteiger partial charge on any atom is -0.478 e. The molecule has 0 fully saturated rings. The molecule has 4 nitrogen and oxygen atoms in total. The first-order valence-electron chi connectivity index (χ1n) is 3.62. The highest BCUT2D eigenvalue weighted by molar-refractivity contribution is 5.85. The standard InChI is InChI=1S/C8H11NO3/c1-7(8(11)12)4-2-3-5-9-6-10/h4H,2-3,5H2,1H3,(H,11,12). The molecule has 0 aromatic heterocycles. The molecule has 0 bridgehead atoms. The van der Waals surface area contributed by atoms with Crippen LogP contribution in [0.3, 0.4) is 0 Å². The zero-order valence-corrected chi connectivity index (χ0v) is 6.91. The van der Waals surface area contributed by atoms with Crippen LogP contribution in [0.5, 0.6) is 0 Å². The average molecular weight is 169 g/mol. The monoisotopic (exact) mass is 169 g/mol. The second-order valence-corrected chi connectivity index (χ2v) is 2.31. The Balaban J connectivity index is 3.60. The molecule has 0 saturated heterocycles. The molecule has 0 atom stereocenters. The maximum absolute atomic E-state index is 10.3. The van der Waals surface area contributed by atoms with Crippen molar-refractivity contribution < 1.29 is 14.7 Å². The molecule has 12 heavy (non-hydrogen) atoms. The van der Waals surface area contributed by atoms with Gasteiger partial charge >= 0.3 is 5.97 Å². The Morgan fingerprint density at radius 2 is 2.33 bits per heavy atom. The highest BCUT2D eigenvalue weighted by Gasteiger charge is 1.96. The lowest BCUT2D eigenvalue weighted by Gasteiger charge is -1.91. The van der Waals surface area contributed by atoms with Crippen molar-refractivity contribution in [2.24, 2.45) is 4.99 Å². The highest BCUT2D eigenvalue weighted by atomic mass is 16.4. The minimum atomic E-state index is -0.908. The lowest BCUT2D eigenvalue weighted by Crippen LogP contribution is -1.95. The zero-order valence-electron chi connectivity index (χ0n) is 6.91. The Bertz CT molecular complexity index is 226. The summed E-state index contributed by atoms with van der Waals surface area (Å²) in [6, 6.07) is 0. The topological polar surface area (TPSA) is 66.7 Å². The van der Waals surface area contributed by atoms with Gasteiger partial charge < -0.3 is 5.11 Å². The highest BCUT2D eigenvalue weighted by Crippen LogP contribution is 1.98. The summed E-state index contributed by atoms with van der Waals surface area (Å²) in [5.74, 6) is -0.908. The molecule has 0 saturated carbocycles. The third kappa shape index (κ3) is 5.38. The Morgan fingerprint density at radius 1 is 1.67 bits per heavy atom. The van der Waals surface area contributed by atoms with Crippen LogP contribution in [0.4, 0.5) is 0 Å². The molecular weight excluding hydrogens is 158 g/mol. The number of unbranched alkanes of at least 4 members (excludes halogenated alkanes) is 1. The van der Waals surface area contributed by atoms with Crippen LogP contribution in [-0.4, -0.2) is 23.7 Å². The number of carbonyl (C=O) groups excluding carboxylic acids is 1. The van der Waals surface area contributed by atoms with Crippen molar-refractivity contribution in [3.8, 4) is 0 Å². The molecule has 0 heterocycles. The number of aliphatic imine (C=N–C) groups is 1. The number of allylic oxidation sites excluding steroid dienone is 1. The Labute approximate surface area is 70.6 Å². The predicted molar refractivity (Wildman–Crippen MR) is 43.6 cm³/mol. The van der Waals surface area contributed by atoms with Crippen LogP contribution in [0.15, 0.2) is 16.6 Å². The van der Waals surface area contributed by atoms with E-state index in [9.17, 15) is 9.59 Å². The maximum Gasteiger partial charge on any atom is 0.330 e. The normalized spacial score (nSPS) is 10.6. The lowest BCUT2D eigenvalue weighted by atomic mass is 10.2. The molecular formula is C8H11NO3. The van der Waals surface area contributed by atoms with Gasteiger partial charge in [-0.25, -0.2) is 14.6 Å². The van der Waals surface area contributed by atoms with Gasteiger partial charge in [-0.1, -0.05) is 6.08 Å². The Hall–Kier alpha value is -1.41. The molecule has 0 spiro atoms. The van der Waals surface area contributed by atoms with E-state index in [0.29, 0.717) is 25.0 Å². The van der Waals surface area contributed by atoms with Crippen molar-refractivity contribution in [2.75, 3.05) is 6.54 Å². The number of rotatable bonds is 5. The van der Waals surface area contributed by atoms with Crippen molar-refractivity contribution in [1.82, 2.24) is 0 Å². The molecule has 0 aromatic carbocycles. The predicted octanol–water partition coefficient (Wildman–Crippen LogP) is 1.13. The van der Waals surface area contributed by atoms with Gasteiger partial charge in [0.25, 0.3) is 0 Å². The van der Waals surface area contributed by atoms with Crippen molar-refractivity contribution in [1.29, 1.82) is 0 Å². The summed E-state index contributed by atoms with van der Waals surface area (Å²) < 4.78 is 0. The summed E-state index contributed by atoms with van der Waals surface area (Å²) in [6.45, 7) is 1.94. The van der Waals surface area contributed by atoms with Gasteiger partial charge in [0.1, 0.15) is 0 Å². The van der Waals surface area contributed by atoms with Crippen LogP contribution in [-0.2, 0) is 9.59 Å². The van der Waals surface area contributed by atoms with E-state index < -0.39 is 5.97 Å². The smallest absolute Gasteiger partial charge is 0.330 e. The summed E-state index contributed by atoms with van der Waals surface area (Å²) in [5.41, 5.74) is 0.324. The van der Waals surface area contributed by atoms with Crippen LogP contribution >= 0.6 is 0 Å². The first-order chi connectivity index (χ1) is 5.68. The van der Waals surface area contributed by atoms with E-state index in [4.69, 9.17) is 5.11 Å². The van der Waals surface area contributed by atoms with E-state index in [2.05, 4.69) is 4.99 Å². The molecule has 0 aromatic rings. The fourth-order valence-corrected chi connectivity index (χ4v) is 0.622. The molecule has 1 N–H and O–H groups in total. The summed E-state index contributed by atoms with van der Waals surface area (Å²) in [7, 11) is 0. The Morgan fingerprint density at radius 3 is 2.83 bits per heavy atom. The first-order valence-corrected chi connectivity index (χ1v) is 3.62. The molecule has 0 amide bonds. The number of aliphatic carboxylic acids is 1. The number of isocyanates is 1. The third-order valence-corrected chi connectivity index (χ3v) is 1.33. The molecule has 0 aliphatic heterocycles. The Kier molecular flexibility index (Phi) is 5.57.